The largest absolute Gasteiger partial charge is 0.264 e. The highest BCUT2D eigenvalue weighted by Crippen LogP contribution is 2.13. The maximum Gasteiger partial charge on any atom is 0.235 e. The van der Waals surface area contributed by atoms with E-state index in [1.165, 1.54) is 10.2 Å². The van der Waals surface area contributed by atoms with Crippen LogP contribution in [0.1, 0.15) is 0 Å². The lowest BCUT2D eigenvalue weighted by molar-refractivity contribution is 0.594. The molecule has 0 saturated heterocycles. The summed E-state index contributed by atoms with van der Waals surface area (Å²) in [6.45, 7) is 0. The van der Waals surface area contributed by atoms with Crippen molar-refractivity contribution in [3.05, 3.63) is 30.9 Å². The van der Waals surface area contributed by atoms with Crippen molar-refractivity contribution >= 4 is 20.8 Å². The predicted molar refractivity (Wildman–Crippen MR) is 50.0 cm³/mol. The number of hydrogen-bond donors (Lipinski definition) is 0. The fraction of sp³-hybridized carbons (Fsp3) is 0.125. The summed E-state index contributed by atoms with van der Waals surface area (Å²) in [7, 11) is -3.18. The van der Waals surface area contributed by atoms with Gasteiger partial charge in [0.2, 0.25) is 10.0 Å². The van der Waals surface area contributed by atoms with Gasteiger partial charge in [-0.25, -0.2) is 8.42 Å². The Morgan fingerprint density at radius 3 is 2.62 bits per heavy atom. The Morgan fingerprint density at radius 1 is 1.31 bits per heavy atom. The predicted octanol–water partition coefficient (Wildman–Crippen LogP) is 0.844. The van der Waals surface area contributed by atoms with Crippen LogP contribution in [-0.2, 0) is 10.0 Å². The van der Waals surface area contributed by atoms with Crippen LogP contribution in [0.4, 0.5) is 0 Å². The summed E-state index contributed by atoms with van der Waals surface area (Å²) >= 11 is 0. The topological polar surface area (TPSA) is 52.0 Å². The Labute approximate surface area is 75.9 Å². The molecule has 2 aromatic heterocycles. The molecule has 2 rings (SSSR count). The van der Waals surface area contributed by atoms with Gasteiger partial charge in [0.1, 0.15) is 0 Å². The lowest BCUT2D eigenvalue weighted by Gasteiger charge is -1.94. The maximum atomic E-state index is 11.1. The summed E-state index contributed by atoms with van der Waals surface area (Å²) in [5, 5.41) is 1.70. The molecule has 0 radical (unpaired) electrons. The van der Waals surface area contributed by atoms with E-state index in [2.05, 4.69) is 4.98 Å². The Hall–Kier alpha value is -1.36. The number of nitrogens with zero attached hydrogens (tertiary/aromatic N) is 2. The number of hydrogen-bond acceptors (Lipinski definition) is 3. The van der Waals surface area contributed by atoms with Crippen molar-refractivity contribution in [2.45, 2.75) is 0 Å². The second-order valence-corrected chi connectivity index (χ2v) is 4.74. The van der Waals surface area contributed by atoms with Crippen LogP contribution < -0.4 is 0 Å². The Balaban J connectivity index is 2.77. The molecule has 2 heterocycles. The van der Waals surface area contributed by atoms with E-state index in [-0.39, 0.29) is 0 Å². The molecule has 0 saturated carbocycles. The monoisotopic (exact) mass is 196 g/mol. The molecule has 0 bridgehead atoms. The van der Waals surface area contributed by atoms with E-state index in [1.54, 1.807) is 30.9 Å². The molecule has 0 fully saturated rings. The fourth-order valence-corrected chi connectivity index (χ4v) is 1.76. The van der Waals surface area contributed by atoms with Gasteiger partial charge in [0.05, 0.1) is 6.26 Å². The van der Waals surface area contributed by atoms with E-state index < -0.39 is 10.0 Å². The first-order valence-corrected chi connectivity index (χ1v) is 5.54. The maximum absolute atomic E-state index is 11.1. The highest BCUT2D eigenvalue weighted by molar-refractivity contribution is 7.89. The molecule has 0 aliphatic rings. The summed E-state index contributed by atoms with van der Waals surface area (Å²) in [6, 6.07) is 1.77. The zero-order valence-electron chi connectivity index (χ0n) is 7.01. The van der Waals surface area contributed by atoms with Gasteiger partial charge in [0, 0.05) is 35.6 Å². The molecule has 68 valence electrons. The first kappa shape index (κ1) is 8.25. The smallest absolute Gasteiger partial charge is 0.235 e. The number of pyridine rings is 1. The zero-order valence-corrected chi connectivity index (χ0v) is 7.82. The summed E-state index contributed by atoms with van der Waals surface area (Å²) in [5.41, 5.74) is 0. The van der Waals surface area contributed by atoms with E-state index in [0.29, 0.717) is 0 Å². The number of aromatic nitrogens is 2. The van der Waals surface area contributed by atoms with Crippen LogP contribution >= 0.6 is 0 Å². The van der Waals surface area contributed by atoms with Gasteiger partial charge in [0.25, 0.3) is 0 Å². The molecule has 4 nitrogen and oxygen atoms in total. The molecular weight excluding hydrogens is 188 g/mol. The molecule has 13 heavy (non-hydrogen) atoms. The van der Waals surface area contributed by atoms with Gasteiger partial charge < -0.3 is 0 Å². The molecule has 0 aliphatic heterocycles. The van der Waals surface area contributed by atoms with Crippen LogP contribution in [0.25, 0.3) is 10.8 Å². The average molecular weight is 196 g/mol. The quantitative estimate of drug-likeness (QED) is 0.679. The summed E-state index contributed by atoms with van der Waals surface area (Å²) in [4.78, 5) is 3.90. The van der Waals surface area contributed by atoms with Crippen LogP contribution in [0.3, 0.4) is 0 Å². The van der Waals surface area contributed by atoms with Crippen LogP contribution in [0.2, 0.25) is 0 Å². The van der Waals surface area contributed by atoms with E-state index in [1.807, 2.05) is 0 Å². The van der Waals surface area contributed by atoms with Crippen molar-refractivity contribution in [3.8, 4) is 0 Å². The molecule has 0 atom stereocenters. The molecule has 0 aromatic carbocycles. The standard InChI is InChI=1S/C8H8N2O2S/c1-13(11,12)10-5-7-2-3-9-4-8(7)6-10/h2-6H,1H3. The summed E-state index contributed by atoms with van der Waals surface area (Å²) < 4.78 is 23.5. The molecule has 2 aromatic rings. The van der Waals surface area contributed by atoms with Gasteiger partial charge in [-0.1, -0.05) is 0 Å². The van der Waals surface area contributed by atoms with Crippen LogP contribution in [-0.4, -0.2) is 23.6 Å². The molecule has 5 heteroatoms. The van der Waals surface area contributed by atoms with Crippen molar-refractivity contribution in [2.75, 3.05) is 6.26 Å². The summed E-state index contributed by atoms with van der Waals surface area (Å²) in [6.07, 6.45) is 7.56. The second kappa shape index (κ2) is 2.56. The molecule has 0 spiro atoms. The van der Waals surface area contributed by atoms with Gasteiger partial charge in [-0.2, -0.15) is 0 Å². The first-order valence-electron chi connectivity index (χ1n) is 3.69. The third-order valence-corrected chi connectivity index (χ3v) is 2.78. The second-order valence-electron chi connectivity index (χ2n) is 2.86. The molecular formula is C8H8N2O2S. The molecule has 0 amide bonds. The van der Waals surface area contributed by atoms with E-state index in [9.17, 15) is 8.42 Å². The number of rotatable bonds is 1. The van der Waals surface area contributed by atoms with Crippen LogP contribution in [0, 0.1) is 0 Å². The first-order chi connectivity index (χ1) is 6.07. The third-order valence-electron chi connectivity index (χ3n) is 1.80. The lowest BCUT2D eigenvalue weighted by Crippen LogP contribution is -2.06. The highest BCUT2D eigenvalue weighted by Gasteiger charge is 2.05. The van der Waals surface area contributed by atoms with Crippen LogP contribution in [0.15, 0.2) is 30.9 Å². The van der Waals surface area contributed by atoms with E-state index in [4.69, 9.17) is 0 Å². The average Bonchev–Trinajstić information content (AvgIpc) is 2.45. The minimum Gasteiger partial charge on any atom is -0.264 e. The number of fused-ring (bicyclic) bond motifs is 1. The molecule has 0 N–H and O–H groups in total. The van der Waals surface area contributed by atoms with Crippen molar-refractivity contribution in [2.24, 2.45) is 0 Å². The van der Waals surface area contributed by atoms with Gasteiger partial charge in [-0.3, -0.25) is 8.96 Å². The third kappa shape index (κ3) is 1.42. The van der Waals surface area contributed by atoms with Crippen molar-refractivity contribution in [1.82, 2.24) is 8.96 Å². The highest BCUT2D eigenvalue weighted by atomic mass is 32.2. The zero-order chi connectivity index (χ0) is 9.47. The fourth-order valence-electron chi connectivity index (χ4n) is 1.15. The SMILES string of the molecule is CS(=O)(=O)n1cc2ccncc2c1. The minimum absolute atomic E-state index is 0.827. The molecule has 0 aliphatic carbocycles. The van der Waals surface area contributed by atoms with Gasteiger partial charge in [0.15, 0.2) is 0 Å². The van der Waals surface area contributed by atoms with Crippen molar-refractivity contribution < 1.29 is 8.42 Å². The van der Waals surface area contributed by atoms with Crippen molar-refractivity contribution in [3.63, 3.8) is 0 Å². The van der Waals surface area contributed by atoms with Crippen LogP contribution in [0.5, 0.6) is 0 Å². The van der Waals surface area contributed by atoms with E-state index in [0.717, 1.165) is 10.8 Å². The normalized spacial score (nSPS) is 12.1. The Kier molecular flexibility index (Phi) is 1.63. The lowest BCUT2D eigenvalue weighted by atomic mass is 10.3. The summed E-state index contributed by atoms with van der Waals surface area (Å²) in [5.74, 6) is 0. The minimum atomic E-state index is -3.18. The Morgan fingerprint density at radius 2 is 2.00 bits per heavy atom. The van der Waals surface area contributed by atoms with Gasteiger partial charge >= 0.3 is 0 Å². The molecule has 0 unspecified atom stereocenters. The van der Waals surface area contributed by atoms with Gasteiger partial charge in [-0.15, -0.1) is 0 Å². The van der Waals surface area contributed by atoms with Gasteiger partial charge in [-0.05, 0) is 6.07 Å². The van der Waals surface area contributed by atoms with E-state index >= 15 is 0 Å². The Bertz CT molecular complexity index is 509. The van der Waals surface area contributed by atoms with Crippen molar-refractivity contribution in [1.29, 1.82) is 0 Å².